The van der Waals surface area contributed by atoms with E-state index in [1.165, 1.54) is 12.3 Å². The van der Waals surface area contributed by atoms with Crippen molar-refractivity contribution in [3.63, 3.8) is 0 Å². The van der Waals surface area contributed by atoms with Crippen LogP contribution in [0.15, 0.2) is 24.5 Å². The van der Waals surface area contributed by atoms with Crippen LogP contribution in [0.5, 0.6) is 0 Å². The molecule has 2 N–H and O–H groups in total. The Morgan fingerprint density at radius 2 is 1.50 bits per heavy atom. The van der Waals surface area contributed by atoms with E-state index in [1.54, 1.807) is 5.32 Å². The first-order valence-corrected chi connectivity index (χ1v) is 8.27. The number of hydrogen-bond donors (Lipinski definition) is 2. The zero-order chi connectivity index (χ0) is 23.2. The number of nitrogens with one attached hydrogen (secondary N) is 2. The Morgan fingerprint density at radius 1 is 1.00 bits per heavy atom. The molecule has 0 saturated heterocycles. The van der Waals surface area contributed by atoms with Gasteiger partial charge in [0.25, 0.3) is 5.54 Å². The molecule has 0 fully saturated rings. The molecule has 0 radical (unpaired) electrons. The summed E-state index contributed by atoms with van der Waals surface area (Å²) in [4.78, 5) is 39.6. The third kappa shape index (κ3) is 5.30. The summed E-state index contributed by atoms with van der Waals surface area (Å²) in [6.07, 6.45) is -10.5. The third-order valence-electron chi connectivity index (χ3n) is 3.60. The molecule has 0 saturated carbocycles. The van der Waals surface area contributed by atoms with E-state index in [9.17, 15) is 40.7 Å². The molecule has 14 heteroatoms. The molecule has 0 atom stereocenters. The maximum Gasteiger partial charge on any atom is 0.422 e. The van der Waals surface area contributed by atoms with Crippen molar-refractivity contribution in [3.05, 3.63) is 24.5 Å². The first kappa shape index (κ1) is 25.0. The molecular weight excluding hydrogens is 428 g/mol. The highest BCUT2D eigenvalue weighted by atomic mass is 19.4. The molecule has 1 aromatic heterocycles. The van der Waals surface area contributed by atoms with Crippen LogP contribution in [0.2, 0.25) is 0 Å². The van der Waals surface area contributed by atoms with Crippen molar-refractivity contribution in [1.82, 2.24) is 10.3 Å². The molecule has 0 aliphatic heterocycles. The van der Waals surface area contributed by atoms with E-state index in [2.05, 4.69) is 14.5 Å². The molecular formula is C16H17F6N3O5. The molecule has 30 heavy (non-hydrogen) atoms. The van der Waals surface area contributed by atoms with Gasteiger partial charge in [0, 0.05) is 6.20 Å². The number of halogens is 6. The molecule has 0 unspecified atom stereocenters. The van der Waals surface area contributed by atoms with Gasteiger partial charge in [-0.05, 0) is 26.0 Å². The van der Waals surface area contributed by atoms with Crippen molar-refractivity contribution in [2.24, 2.45) is 5.92 Å². The summed E-state index contributed by atoms with van der Waals surface area (Å²) in [6, 6.07) is 0.372. The van der Waals surface area contributed by atoms with Crippen LogP contribution in [0.3, 0.4) is 0 Å². The normalized spacial score (nSPS) is 12.3. The first-order valence-electron chi connectivity index (χ1n) is 8.27. The van der Waals surface area contributed by atoms with Crippen molar-refractivity contribution in [3.8, 4) is 0 Å². The van der Waals surface area contributed by atoms with Crippen LogP contribution >= 0.6 is 0 Å². The summed E-state index contributed by atoms with van der Waals surface area (Å²) in [6.45, 7) is 0.932. The van der Waals surface area contributed by atoms with Crippen LogP contribution < -0.4 is 10.6 Å². The Bertz CT molecular complexity index is 722. The highest BCUT2D eigenvalue weighted by Gasteiger charge is 2.79. The predicted octanol–water partition coefficient (Wildman–Crippen LogP) is 2.81. The number of alkyl halides is 6. The SMILES string of the molecule is CCOC(=O)C(C(=O)OCC)C(NC(=O)Nc1cccnc1)(C(F)(F)F)C(F)(F)F. The Balaban J connectivity index is 3.58. The topological polar surface area (TPSA) is 107 Å². The molecule has 1 aromatic rings. The standard InChI is InChI=1S/C16H17F6N3O5/c1-3-29-11(26)10(12(27)30-4-2)14(15(17,18)19,16(20,21)22)25-13(28)24-9-6-5-7-23-8-9/h5-8,10H,3-4H2,1-2H3,(H2,24,25,28). The number of anilines is 1. The minimum atomic E-state index is -6.36. The van der Waals surface area contributed by atoms with Gasteiger partial charge >= 0.3 is 30.3 Å². The van der Waals surface area contributed by atoms with E-state index in [1.807, 2.05) is 0 Å². The lowest BCUT2D eigenvalue weighted by Gasteiger charge is -2.40. The van der Waals surface area contributed by atoms with Crippen LogP contribution in [-0.4, -0.2) is 54.1 Å². The van der Waals surface area contributed by atoms with E-state index in [4.69, 9.17) is 0 Å². The number of urea groups is 1. The monoisotopic (exact) mass is 445 g/mol. The molecule has 1 heterocycles. The van der Waals surface area contributed by atoms with Gasteiger partial charge in [0.15, 0.2) is 5.92 Å². The molecule has 0 bridgehead atoms. The van der Waals surface area contributed by atoms with E-state index < -0.39 is 55.0 Å². The van der Waals surface area contributed by atoms with Crippen molar-refractivity contribution < 1.29 is 50.2 Å². The van der Waals surface area contributed by atoms with Gasteiger partial charge in [0.1, 0.15) is 0 Å². The third-order valence-corrected chi connectivity index (χ3v) is 3.60. The van der Waals surface area contributed by atoms with Crippen molar-refractivity contribution in [1.29, 1.82) is 0 Å². The second-order valence-corrected chi connectivity index (χ2v) is 5.56. The summed E-state index contributed by atoms with van der Waals surface area (Å²) in [5, 5.41) is 2.43. The number of amides is 2. The number of hydrogen-bond acceptors (Lipinski definition) is 6. The van der Waals surface area contributed by atoms with Crippen molar-refractivity contribution >= 4 is 23.7 Å². The molecule has 0 aliphatic rings. The molecule has 0 aliphatic carbocycles. The Hall–Kier alpha value is -3.06. The minimum Gasteiger partial charge on any atom is -0.465 e. The quantitative estimate of drug-likeness (QED) is 0.380. The number of carbonyl (C=O) groups is 3. The van der Waals surface area contributed by atoms with Crippen LogP contribution in [0.1, 0.15) is 13.8 Å². The van der Waals surface area contributed by atoms with Gasteiger partial charge in [-0.3, -0.25) is 14.6 Å². The summed E-state index contributed by atoms with van der Waals surface area (Å²) < 4.78 is 91.5. The van der Waals surface area contributed by atoms with E-state index in [0.717, 1.165) is 26.1 Å². The first-order chi connectivity index (χ1) is 13.8. The second kappa shape index (κ2) is 9.63. The van der Waals surface area contributed by atoms with Crippen LogP contribution in [0, 0.1) is 5.92 Å². The fraction of sp³-hybridized carbons (Fsp3) is 0.500. The fourth-order valence-electron chi connectivity index (χ4n) is 2.38. The summed E-state index contributed by atoms with van der Waals surface area (Å²) in [5.74, 6) is -7.96. The molecule has 2 amide bonds. The largest absolute Gasteiger partial charge is 0.465 e. The summed E-state index contributed by atoms with van der Waals surface area (Å²) in [7, 11) is 0. The molecule has 168 valence electrons. The smallest absolute Gasteiger partial charge is 0.422 e. The highest BCUT2D eigenvalue weighted by molar-refractivity contribution is 5.99. The Kier molecular flexibility index (Phi) is 8.01. The maximum atomic E-state index is 13.8. The number of pyridine rings is 1. The average Bonchev–Trinajstić information content (AvgIpc) is 2.60. The lowest BCUT2D eigenvalue weighted by Crippen LogP contribution is -2.74. The number of nitrogens with zero attached hydrogens (tertiary/aromatic N) is 1. The minimum absolute atomic E-state index is 0.253. The van der Waals surface area contributed by atoms with Gasteiger partial charge in [-0.1, -0.05) is 0 Å². The van der Waals surface area contributed by atoms with Gasteiger partial charge in [-0.2, -0.15) is 26.3 Å². The van der Waals surface area contributed by atoms with Gasteiger partial charge in [0.2, 0.25) is 0 Å². The lowest BCUT2D eigenvalue weighted by molar-refractivity contribution is -0.317. The van der Waals surface area contributed by atoms with Crippen LogP contribution in [0.25, 0.3) is 0 Å². The van der Waals surface area contributed by atoms with Crippen LogP contribution in [0.4, 0.5) is 36.8 Å². The zero-order valence-corrected chi connectivity index (χ0v) is 15.6. The highest BCUT2D eigenvalue weighted by Crippen LogP contribution is 2.48. The summed E-state index contributed by atoms with van der Waals surface area (Å²) in [5.41, 5.74) is -5.60. The molecule has 1 rings (SSSR count). The average molecular weight is 445 g/mol. The number of aromatic nitrogens is 1. The zero-order valence-electron chi connectivity index (χ0n) is 15.6. The fourth-order valence-corrected chi connectivity index (χ4v) is 2.38. The molecule has 0 spiro atoms. The Morgan fingerprint density at radius 3 is 1.87 bits per heavy atom. The van der Waals surface area contributed by atoms with Gasteiger partial charge in [-0.25, -0.2) is 4.79 Å². The van der Waals surface area contributed by atoms with Gasteiger partial charge in [0.05, 0.1) is 25.1 Å². The van der Waals surface area contributed by atoms with Gasteiger partial charge in [-0.15, -0.1) is 0 Å². The van der Waals surface area contributed by atoms with E-state index in [-0.39, 0.29) is 5.69 Å². The second-order valence-electron chi connectivity index (χ2n) is 5.56. The Labute approximate surface area is 165 Å². The number of ether oxygens (including phenoxy) is 2. The predicted molar refractivity (Wildman–Crippen MR) is 88.0 cm³/mol. The van der Waals surface area contributed by atoms with E-state index in [0.29, 0.717) is 5.32 Å². The number of rotatable bonds is 7. The molecule has 0 aromatic carbocycles. The van der Waals surface area contributed by atoms with Crippen LogP contribution in [-0.2, 0) is 19.1 Å². The molecule has 8 nitrogen and oxygen atoms in total. The number of carbonyl (C=O) groups excluding carboxylic acids is 3. The van der Waals surface area contributed by atoms with Crippen molar-refractivity contribution in [2.75, 3.05) is 18.5 Å². The number of esters is 2. The maximum absolute atomic E-state index is 13.8. The lowest BCUT2D eigenvalue weighted by atomic mass is 9.81. The van der Waals surface area contributed by atoms with Gasteiger partial charge < -0.3 is 20.1 Å². The van der Waals surface area contributed by atoms with E-state index >= 15 is 0 Å². The summed E-state index contributed by atoms with van der Waals surface area (Å²) >= 11 is 0. The van der Waals surface area contributed by atoms with Crippen molar-refractivity contribution in [2.45, 2.75) is 31.7 Å².